The standard InChI is InChI=1S/C15H17N3OS/c1-11-8-16-14(19-11)9-17-15-18-13(10-20-15)7-12-5-3-2-4-6-12/h2-6,8,13H,7,9-10H2,1H3,(H,17,18). The number of aryl methyl sites for hydroxylation is 1. The van der Waals surface area contributed by atoms with Crippen LogP contribution in [0.15, 0.2) is 45.9 Å². The van der Waals surface area contributed by atoms with Crippen LogP contribution in [0.5, 0.6) is 0 Å². The molecular formula is C15H17N3OS. The molecule has 20 heavy (non-hydrogen) atoms. The van der Waals surface area contributed by atoms with Crippen molar-refractivity contribution >= 4 is 16.9 Å². The van der Waals surface area contributed by atoms with Crippen molar-refractivity contribution in [1.82, 2.24) is 10.3 Å². The number of hydrogen-bond acceptors (Lipinski definition) is 4. The highest BCUT2D eigenvalue weighted by molar-refractivity contribution is 8.14. The zero-order valence-electron chi connectivity index (χ0n) is 11.4. The first-order valence-electron chi connectivity index (χ1n) is 6.68. The molecule has 1 fully saturated rings. The Morgan fingerprint density at radius 2 is 2.25 bits per heavy atom. The van der Waals surface area contributed by atoms with Gasteiger partial charge in [0.25, 0.3) is 0 Å². The number of nitrogens with zero attached hydrogens (tertiary/aromatic N) is 2. The summed E-state index contributed by atoms with van der Waals surface area (Å²) in [6.45, 7) is 2.39. The maximum absolute atomic E-state index is 5.41. The first-order chi connectivity index (χ1) is 9.79. The van der Waals surface area contributed by atoms with Crippen molar-refractivity contribution in [2.45, 2.75) is 25.9 Å². The summed E-state index contributed by atoms with van der Waals surface area (Å²) in [5.41, 5.74) is 1.36. The lowest BCUT2D eigenvalue weighted by atomic mass is 10.1. The van der Waals surface area contributed by atoms with Gasteiger partial charge in [0.15, 0.2) is 5.17 Å². The Labute approximate surface area is 122 Å². The highest BCUT2D eigenvalue weighted by atomic mass is 32.2. The van der Waals surface area contributed by atoms with Gasteiger partial charge in [0.2, 0.25) is 5.89 Å². The van der Waals surface area contributed by atoms with Crippen LogP contribution in [0.4, 0.5) is 0 Å². The van der Waals surface area contributed by atoms with Gasteiger partial charge in [0.1, 0.15) is 12.3 Å². The Hall–Kier alpha value is -1.75. The fraction of sp³-hybridized carbons (Fsp3) is 0.333. The van der Waals surface area contributed by atoms with Crippen molar-refractivity contribution in [3.05, 3.63) is 53.7 Å². The van der Waals surface area contributed by atoms with Gasteiger partial charge in [-0.25, -0.2) is 4.98 Å². The van der Waals surface area contributed by atoms with Crippen LogP contribution in [0.2, 0.25) is 0 Å². The highest BCUT2D eigenvalue weighted by Crippen LogP contribution is 2.18. The summed E-state index contributed by atoms with van der Waals surface area (Å²) in [5, 5.41) is 4.45. The number of nitrogens with one attached hydrogen (secondary N) is 1. The van der Waals surface area contributed by atoms with E-state index in [1.165, 1.54) is 5.56 Å². The van der Waals surface area contributed by atoms with Crippen molar-refractivity contribution in [2.75, 3.05) is 5.75 Å². The van der Waals surface area contributed by atoms with Gasteiger partial charge in [-0.05, 0) is 18.9 Å². The Bertz CT molecular complexity index is 594. The number of aromatic nitrogens is 1. The second kappa shape index (κ2) is 6.13. The van der Waals surface area contributed by atoms with Crippen molar-refractivity contribution in [1.29, 1.82) is 0 Å². The summed E-state index contributed by atoms with van der Waals surface area (Å²) in [7, 11) is 0. The van der Waals surface area contributed by atoms with Crippen LogP contribution in [0.25, 0.3) is 0 Å². The summed E-state index contributed by atoms with van der Waals surface area (Å²) in [5.74, 6) is 2.55. The topological polar surface area (TPSA) is 50.4 Å². The summed E-state index contributed by atoms with van der Waals surface area (Å²) in [4.78, 5) is 8.66. The van der Waals surface area contributed by atoms with Gasteiger partial charge >= 0.3 is 0 Å². The minimum atomic E-state index is 0.451. The molecule has 0 spiro atoms. The molecule has 0 radical (unpaired) electrons. The number of aliphatic imine (C=N–C) groups is 1. The van der Waals surface area contributed by atoms with Crippen LogP contribution in [-0.4, -0.2) is 21.9 Å². The number of hydrogen-bond donors (Lipinski definition) is 1. The molecule has 1 saturated heterocycles. The van der Waals surface area contributed by atoms with Crippen LogP contribution >= 0.6 is 11.8 Å². The molecule has 0 bridgehead atoms. The van der Waals surface area contributed by atoms with E-state index in [1.807, 2.05) is 13.0 Å². The van der Waals surface area contributed by atoms with Crippen molar-refractivity contribution < 1.29 is 4.42 Å². The lowest BCUT2D eigenvalue weighted by molar-refractivity contribution is 0.474. The normalized spacial score (nSPS) is 20.2. The molecule has 5 heteroatoms. The van der Waals surface area contributed by atoms with E-state index in [0.717, 1.165) is 23.1 Å². The summed E-state index contributed by atoms with van der Waals surface area (Å²) >= 11 is 1.77. The summed E-state index contributed by atoms with van der Waals surface area (Å²) in [6.07, 6.45) is 2.76. The second-order valence-corrected chi connectivity index (χ2v) is 5.84. The van der Waals surface area contributed by atoms with Crippen LogP contribution in [0.3, 0.4) is 0 Å². The predicted molar refractivity (Wildman–Crippen MR) is 81.9 cm³/mol. The molecule has 1 atom stereocenters. The lowest BCUT2D eigenvalue weighted by Crippen LogP contribution is -2.29. The molecule has 1 unspecified atom stereocenters. The molecule has 1 aromatic carbocycles. The van der Waals surface area contributed by atoms with Gasteiger partial charge in [-0.2, -0.15) is 0 Å². The van der Waals surface area contributed by atoms with Gasteiger partial charge in [-0.15, -0.1) is 0 Å². The van der Waals surface area contributed by atoms with Gasteiger partial charge in [0.05, 0.1) is 6.20 Å². The average Bonchev–Trinajstić information content (AvgIpc) is 3.07. The number of rotatable bonds is 4. The largest absolute Gasteiger partial charge is 0.444 e. The molecule has 4 nitrogen and oxygen atoms in total. The maximum Gasteiger partial charge on any atom is 0.216 e. The summed E-state index contributed by atoms with van der Waals surface area (Å²) < 4.78 is 5.41. The fourth-order valence-corrected chi connectivity index (χ4v) is 3.12. The van der Waals surface area contributed by atoms with Crippen LogP contribution in [-0.2, 0) is 13.0 Å². The molecule has 0 amide bonds. The Morgan fingerprint density at radius 3 is 3.00 bits per heavy atom. The minimum Gasteiger partial charge on any atom is -0.444 e. The molecule has 1 aliphatic rings. The molecule has 0 saturated carbocycles. The predicted octanol–water partition coefficient (Wildman–Crippen LogP) is 2.79. The summed E-state index contributed by atoms with van der Waals surface area (Å²) in [6, 6.07) is 11.0. The van der Waals surface area contributed by atoms with Crippen LogP contribution in [0.1, 0.15) is 17.2 Å². The van der Waals surface area contributed by atoms with E-state index < -0.39 is 0 Å². The van der Waals surface area contributed by atoms with Gasteiger partial charge < -0.3 is 9.73 Å². The second-order valence-electron chi connectivity index (χ2n) is 4.83. The third kappa shape index (κ3) is 3.42. The Balaban J connectivity index is 1.54. The van der Waals surface area contributed by atoms with Gasteiger partial charge in [-0.1, -0.05) is 42.1 Å². The van der Waals surface area contributed by atoms with E-state index >= 15 is 0 Å². The zero-order chi connectivity index (χ0) is 13.8. The van der Waals surface area contributed by atoms with E-state index in [9.17, 15) is 0 Å². The van der Waals surface area contributed by atoms with Gasteiger partial charge in [-0.3, -0.25) is 4.99 Å². The molecule has 0 aliphatic carbocycles. The smallest absolute Gasteiger partial charge is 0.216 e. The molecular weight excluding hydrogens is 270 g/mol. The Kier molecular flexibility index (Phi) is 4.06. The average molecular weight is 287 g/mol. The third-order valence-corrected chi connectivity index (χ3v) is 4.19. The minimum absolute atomic E-state index is 0.451. The van der Waals surface area contributed by atoms with E-state index in [-0.39, 0.29) is 0 Å². The van der Waals surface area contributed by atoms with Crippen LogP contribution < -0.4 is 5.32 Å². The van der Waals surface area contributed by atoms with Crippen molar-refractivity contribution in [3.63, 3.8) is 0 Å². The number of benzene rings is 1. The number of thioether (sulfide) groups is 1. The van der Waals surface area contributed by atoms with Crippen molar-refractivity contribution in [2.24, 2.45) is 4.99 Å². The first kappa shape index (κ1) is 13.2. The first-order valence-corrected chi connectivity index (χ1v) is 7.67. The third-order valence-electron chi connectivity index (χ3n) is 3.10. The Morgan fingerprint density at radius 1 is 1.40 bits per heavy atom. The quantitative estimate of drug-likeness (QED) is 0.939. The zero-order valence-corrected chi connectivity index (χ0v) is 12.2. The van der Waals surface area contributed by atoms with E-state index in [1.54, 1.807) is 18.0 Å². The monoisotopic (exact) mass is 287 g/mol. The SMILES string of the molecule is Cc1cnc(CN=C2NC(Cc3ccccc3)CS2)o1. The number of amidine groups is 1. The van der Waals surface area contributed by atoms with Crippen molar-refractivity contribution in [3.8, 4) is 0 Å². The molecule has 1 aliphatic heterocycles. The molecule has 1 N–H and O–H groups in total. The molecule has 3 rings (SSSR count). The fourth-order valence-electron chi connectivity index (χ4n) is 2.15. The molecule has 2 aromatic rings. The molecule has 2 heterocycles. The lowest BCUT2D eigenvalue weighted by Gasteiger charge is -2.09. The van der Waals surface area contributed by atoms with E-state index in [0.29, 0.717) is 18.5 Å². The van der Waals surface area contributed by atoms with E-state index in [4.69, 9.17) is 4.42 Å². The maximum atomic E-state index is 5.41. The van der Waals surface area contributed by atoms with Crippen LogP contribution in [0, 0.1) is 6.92 Å². The molecule has 104 valence electrons. The highest BCUT2D eigenvalue weighted by Gasteiger charge is 2.20. The number of oxazole rings is 1. The van der Waals surface area contributed by atoms with E-state index in [2.05, 4.69) is 39.6 Å². The van der Waals surface area contributed by atoms with Gasteiger partial charge in [0, 0.05) is 11.8 Å². The molecule has 1 aromatic heterocycles.